The lowest BCUT2D eigenvalue weighted by molar-refractivity contribution is -0.131. The summed E-state index contributed by atoms with van der Waals surface area (Å²) in [4.78, 5) is 31.1. The Labute approximate surface area is 155 Å². The zero-order valence-electron chi connectivity index (χ0n) is 15.3. The van der Waals surface area contributed by atoms with Gasteiger partial charge in [0.25, 0.3) is 5.91 Å². The molecular weight excluding hydrogens is 346 g/mol. The molecule has 0 aliphatic carbocycles. The van der Waals surface area contributed by atoms with Gasteiger partial charge in [0.05, 0.1) is 12.2 Å². The van der Waals surface area contributed by atoms with Crippen LogP contribution in [0.15, 0.2) is 47.1 Å². The summed E-state index contributed by atoms with van der Waals surface area (Å²) in [5.74, 6) is 1.44. The standard InChI is InChI=1S/C19H19N5O3/c1-12-9-15(13(2)27-12)19(3)17(25)23(18(26)22-19)10-16-20-11-21-24(16)14-7-5-4-6-8-14/h4-9,11H,10H2,1-3H3,(H,22,26). The highest BCUT2D eigenvalue weighted by Crippen LogP contribution is 2.33. The highest BCUT2D eigenvalue weighted by molar-refractivity contribution is 6.07. The number of amides is 3. The molecule has 1 unspecified atom stereocenters. The van der Waals surface area contributed by atoms with Gasteiger partial charge >= 0.3 is 6.03 Å². The van der Waals surface area contributed by atoms with E-state index in [0.717, 1.165) is 10.6 Å². The van der Waals surface area contributed by atoms with Gasteiger partial charge in [0.15, 0.2) is 5.82 Å². The van der Waals surface area contributed by atoms with E-state index in [2.05, 4.69) is 15.4 Å². The summed E-state index contributed by atoms with van der Waals surface area (Å²) in [6.45, 7) is 5.29. The first-order chi connectivity index (χ1) is 12.9. The summed E-state index contributed by atoms with van der Waals surface area (Å²) in [6.07, 6.45) is 1.41. The van der Waals surface area contributed by atoms with Crippen molar-refractivity contribution < 1.29 is 14.0 Å². The minimum atomic E-state index is -1.17. The van der Waals surface area contributed by atoms with Gasteiger partial charge in [-0.15, -0.1) is 0 Å². The van der Waals surface area contributed by atoms with E-state index < -0.39 is 11.6 Å². The lowest BCUT2D eigenvalue weighted by atomic mass is 9.92. The van der Waals surface area contributed by atoms with Gasteiger partial charge in [-0.05, 0) is 39.0 Å². The number of nitrogens with zero attached hydrogens (tertiary/aromatic N) is 4. The maximum atomic E-state index is 13.1. The quantitative estimate of drug-likeness (QED) is 0.717. The number of aryl methyl sites for hydroxylation is 2. The molecule has 1 aliphatic rings. The largest absolute Gasteiger partial charge is 0.466 e. The molecule has 0 radical (unpaired) electrons. The van der Waals surface area contributed by atoms with Crippen LogP contribution in [0, 0.1) is 13.8 Å². The number of hydrogen-bond donors (Lipinski definition) is 1. The second-order valence-electron chi connectivity index (χ2n) is 6.70. The maximum absolute atomic E-state index is 13.1. The summed E-state index contributed by atoms with van der Waals surface area (Å²) in [5, 5.41) is 7.00. The first kappa shape index (κ1) is 17.0. The van der Waals surface area contributed by atoms with Crippen molar-refractivity contribution in [2.75, 3.05) is 0 Å². The van der Waals surface area contributed by atoms with Crippen LogP contribution >= 0.6 is 0 Å². The van der Waals surface area contributed by atoms with Gasteiger partial charge in [-0.25, -0.2) is 14.5 Å². The van der Waals surface area contributed by atoms with Crippen molar-refractivity contribution in [2.24, 2.45) is 0 Å². The second-order valence-corrected chi connectivity index (χ2v) is 6.70. The van der Waals surface area contributed by atoms with E-state index in [1.54, 1.807) is 31.5 Å². The van der Waals surface area contributed by atoms with Crippen LogP contribution in [0.1, 0.15) is 29.8 Å². The van der Waals surface area contributed by atoms with Crippen molar-refractivity contribution in [1.82, 2.24) is 25.0 Å². The molecule has 3 aromatic rings. The smallest absolute Gasteiger partial charge is 0.325 e. The number of hydrogen-bond acceptors (Lipinski definition) is 5. The topological polar surface area (TPSA) is 93.3 Å². The molecule has 1 atom stereocenters. The molecular formula is C19H19N5O3. The molecule has 8 nitrogen and oxygen atoms in total. The Hall–Kier alpha value is -3.42. The molecule has 0 saturated carbocycles. The van der Waals surface area contributed by atoms with Crippen LogP contribution in [0.4, 0.5) is 4.79 Å². The number of furan rings is 1. The Bertz CT molecular complexity index is 1020. The fourth-order valence-corrected chi connectivity index (χ4v) is 3.45. The van der Waals surface area contributed by atoms with Crippen molar-refractivity contribution >= 4 is 11.9 Å². The van der Waals surface area contributed by atoms with Crippen molar-refractivity contribution in [3.63, 3.8) is 0 Å². The Morgan fingerprint density at radius 3 is 2.59 bits per heavy atom. The van der Waals surface area contributed by atoms with Gasteiger partial charge in [-0.3, -0.25) is 9.69 Å². The van der Waals surface area contributed by atoms with Crippen LogP contribution in [0.5, 0.6) is 0 Å². The molecule has 0 bridgehead atoms. The fraction of sp³-hybridized carbons (Fsp3) is 0.263. The number of carbonyl (C=O) groups excluding carboxylic acids is 2. The zero-order chi connectivity index (χ0) is 19.2. The van der Waals surface area contributed by atoms with Gasteiger partial charge in [-0.2, -0.15) is 5.10 Å². The third kappa shape index (κ3) is 2.69. The Kier molecular flexibility index (Phi) is 3.83. The molecule has 3 amide bonds. The third-order valence-corrected chi connectivity index (χ3v) is 4.77. The Morgan fingerprint density at radius 2 is 1.93 bits per heavy atom. The van der Waals surface area contributed by atoms with Crippen LogP contribution in [-0.4, -0.2) is 31.6 Å². The number of para-hydroxylation sites is 1. The summed E-state index contributed by atoms with van der Waals surface area (Å²) in [5.41, 5.74) is 0.294. The molecule has 1 aliphatic heterocycles. The number of benzene rings is 1. The molecule has 138 valence electrons. The summed E-state index contributed by atoms with van der Waals surface area (Å²) in [6, 6.07) is 10.7. The number of aromatic nitrogens is 3. The average Bonchev–Trinajstić information content (AvgIpc) is 3.30. The highest BCUT2D eigenvalue weighted by atomic mass is 16.3. The number of carbonyl (C=O) groups is 2. The van der Waals surface area contributed by atoms with Crippen LogP contribution in [0.25, 0.3) is 5.69 Å². The van der Waals surface area contributed by atoms with Crippen molar-refractivity contribution in [2.45, 2.75) is 32.9 Å². The zero-order valence-corrected chi connectivity index (χ0v) is 15.3. The van der Waals surface area contributed by atoms with Crippen molar-refractivity contribution in [3.8, 4) is 5.69 Å². The minimum Gasteiger partial charge on any atom is -0.466 e. The SMILES string of the molecule is Cc1cc(C2(C)NC(=O)N(Cc3ncnn3-c3ccccc3)C2=O)c(C)o1. The number of nitrogens with one attached hydrogen (secondary N) is 1. The van der Waals surface area contributed by atoms with Crippen molar-refractivity contribution in [1.29, 1.82) is 0 Å². The summed E-state index contributed by atoms with van der Waals surface area (Å²) >= 11 is 0. The molecule has 1 saturated heterocycles. The van der Waals surface area contributed by atoms with E-state index in [1.807, 2.05) is 30.3 Å². The normalized spacial score (nSPS) is 19.6. The number of urea groups is 1. The van der Waals surface area contributed by atoms with Crippen LogP contribution in [0.3, 0.4) is 0 Å². The fourth-order valence-electron chi connectivity index (χ4n) is 3.45. The lowest BCUT2D eigenvalue weighted by Crippen LogP contribution is -2.41. The molecule has 1 N–H and O–H groups in total. The molecule has 27 heavy (non-hydrogen) atoms. The van der Waals surface area contributed by atoms with Gasteiger partial charge < -0.3 is 9.73 Å². The van der Waals surface area contributed by atoms with E-state index in [-0.39, 0.29) is 12.5 Å². The molecule has 1 fully saturated rings. The third-order valence-electron chi connectivity index (χ3n) is 4.77. The number of rotatable bonds is 4. The molecule has 4 rings (SSSR count). The van der Waals surface area contributed by atoms with Gasteiger partial charge in [0.1, 0.15) is 23.4 Å². The maximum Gasteiger partial charge on any atom is 0.325 e. The van der Waals surface area contributed by atoms with E-state index in [9.17, 15) is 9.59 Å². The predicted molar refractivity (Wildman–Crippen MR) is 96.0 cm³/mol. The minimum absolute atomic E-state index is 0.0189. The molecule has 2 aromatic heterocycles. The Morgan fingerprint density at radius 1 is 1.19 bits per heavy atom. The van der Waals surface area contributed by atoms with Gasteiger partial charge in [0.2, 0.25) is 0 Å². The molecule has 0 spiro atoms. The van der Waals surface area contributed by atoms with E-state index in [4.69, 9.17) is 4.42 Å². The van der Waals surface area contributed by atoms with E-state index in [1.165, 1.54) is 6.33 Å². The van der Waals surface area contributed by atoms with Crippen LogP contribution in [-0.2, 0) is 16.9 Å². The monoisotopic (exact) mass is 365 g/mol. The van der Waals surface area contributed by atoms with Crippen molar-refractivity contribution in [3.05, 3.63) is 65.6 Å². The summed E-state index contributed by atoms with van der Waals surface area (Å²) < 4.78 is 7.16. The second kappa shape index (κ2) is 6.08. The predicted octanol–water partition coefficient (Wildman–Crippen LogP) is 2.44. The lowest BCUT2D eigenvalue weighted by Gasteiger charge is -2.21. The highest BCUT2D eigenvalue weighted by Gasteiger charge is 2.50. The molecule has 3 heterocycles. The summed E-state index contributed by atoms with van der Waals surface area (Å²) in [7, 11) is 0. The van der Waals surface area contributed by atoms with Crippen LogP contribution < -0.4 is 5.32 Å². The molecule has 1 aromatic carbocycles. The molecule has 8 heteroatoms. The van der Waals surface area contributed by atoms with E-state index >= 15 is 0 Å². The van der Waals surface area contributed by atoms with Crippen LogP contribution in [0.2, 0.25) is 0 Å². The number of imide groups is 1. The average molecular weight is 365 g/mol. The first-order valence-electron chi connectivity index (χ1n) is 8.56. The van der Waals surface area contributed by atoms with Gasteiger partial charge in [0, 0.05) is 5.56 Å². The first-order valence-corrected chi connectivity index (χ1v) is 8.56. The van der Waals surface area contributed by atoms with E-state index in [0.29, 0.717) is 22.9 Å². The Balaban J connectivity index is 1.65. The van der Waals surface area contributed by atoms with Gasteiger partial charge in [-0.1, -0.05) is 18.2 Å².